The van der Waals surface area contributed by atoms with Crippen molar-refractivity contribution in [3.8, 4) is 5.75 Å². The summed E-state index contributed by atoms with van der Waals surface area (Å²) >= 11 is 0. The van der Waals surface area contributed by atoms with Gasteiger partial charge in [0.2, 0.25) is 0 Å². The zero-order valence-electron chi connectivity index (χ0n) is 17.0. The second-order valence-electron chi connectivity index (χ2n) is 6.46. The number of furan rings is 1. The fraction of sp³-hybridized carbons (Fsp3) is 0.348. The number of ether oxygens (including phenoxy) is 2. The number of aldehydes is 1. The number of carbonyl (C=O) groups excluding carboxylic acids is 1. The highest BCUT2D eigenvalue weighted by Crippen LogP contribution is 2.25. The van der Waals surface area contributed by atoms with Crippen LogP contribution in [-0.2, 0) is 22.4 Å². The van der Waals surface area contributed by atoms with Crippen molar-refractivity contribution in [1.29, 1.82) is 0 Å². The molecular formula is C23H29NO4. The van der Waals surface area contributed by atoms with Crippen LogP contribution in [0.3, 0.4) is 0 Å². The van der Waals surface area contributed by atoms with E-state index in [-0.39, 0.29) is 12.8 Å². The molecule has 0 radical (unpaired) electrons. The Morgan fingerprint density at radius 2 is 1.71 bits per heavy atom. The first-order valence-electron chi connectivity index (χ1n) is 9.41. The van der Waals surface area contributed by atoms with Crippen molar-refractivity contribution >= 4 is 17.3 Å². The Morgan fingerprint density at radius 1 is 1.07 bits per heavy atom. The minimum Gasteiger partial charge on any atom is -0.468 e. The van der Waals surface area contributed by atoms with Gasteiger partial charge in [-0.15, -0.1) is 0 Å². The van der Waals surface area contributed by atoms with Crippen LogP contribution in [0.1, 0.15) is 36.8 Å². The number of carbonyl (C=O) groups is 1. The molecule has 1 heterocycles. The number of aryl methyl sites for hydroxylation is 2. The lowest BCUT2D eigenvalue weighted by molar-refractivity contribution is -0.106. The number of hydrogen-bond acceptors (Lipinski definition) is 5. The Balaban J connectivity index is 0.000000878. The fourth-order valence-electron chi connectivity index (χ4n) is 2.78. The number of rotatable bonds is 8. The van der Waals surface area contributed by atoms with Crippen molar-refractivity contribution in [2.24, 2.45) is 0 Å². The molecule has 0 fully saturated rings. The van der Waals surface area contributed by atoms with Crippen LogP contribution < -0.4 is 10.1 Å². The van der Waals surface area contributed by atoms with Crippen LogP contribution in [0, 0.1) is 0 Å². The predicted molar refractivity (Wildman–Crippen MR) is 112 cm³/mol. The summed E-state index contributed by atoms with van der Waals surface area (Å²) in [5.41, 5.74) is 3.52. The average molecular weight is 383 g/mol. The fourth-order valence-corrected chi connectivity index (χ4v) is 2.78. The van der Waals surface area contributed by atoms with Crippen LogP contribution in [-0.4, -0.2) is 27.2 Å². The standard InChI is InChI=1S/C21H25NO3.C2H4O/c1-15(22-2)20-13-18-9-6-17(12-21(18)25-20)5-4-16-7-10-19(11-8-16)24-14-23-3;1-2-3/h6-13,15,22H,4-5,14H2,1-3H3;2H,1H3. The van der Waals surface area contributed by atoms with Gasteiger partial charge in [-0.2, -0.15) is 0 Å². The summed E-state index contributed by atoms with van der Waals surface area (Å²) in [6, 6.07) is 17.0. The van der Waals surface area contributed by atoms with Crippen molar-refractivity contribution in [1.82, 2.24) is 5.32 Å². The van der Waals surface area contributed by atoms with Gasteiger partial charge >= 0.3 is 0 Å². The molecule has 0 bridgehead atoms. The quantitative estimate of drug-likeness (QED) is 0.452. The van der Waals surface area contributed by atoms with E-state index < -0.39 is 0 Å². The van der Waals surface area contributed by atoms with Gasteiger partial charge in [0.25, 0.3) is 0 Å². The van der Waals surface area contributed by atoms with Gasteiger partial charge in [-0.3, -0.25) is 0 Å². The summed E-state index contributed by atoms with van der Waals surface area (Å²) in [6.45, 7) is 3.81. The highest BCUT2D eigenvalue weighted by atomic mass is 16.7. The monoisotopic (exact) mass is 383 g/mol. The van der Waals surface area contributed by atoms with E-state index in [1.165, 1.54) is 18.1 Å². The molecule has 1 aromatic heterocycles. The molecule has 2 aromatic carbocycles. The zero-order chi connectivity index (χ0) is 20.4. The number of fused-ring (bicyclic) bond motifs is 1. The molecule has 0 saturated heterocycles. The van der Waals surface area contributed by atoms with E-state index in [0.29, 0.717) is 0 Å². The second-order valence-corrected chi connectivity index (χ2v) is 6.46. The van der Waals surface area contributed by atoms with Crippen LogP contribution in [0.25, 0.3) is 11.0 Å². The SMILES string of the molecule is CC=O.CNC(C)c1cc2ccc(CCc3ccc(OCOC)cc3)cc2o1. The summed E-state index contributed by atoms with van der Waals surface area (Å²) in [4.78, 5) is 8.81. The molecule has 1 unspecified atom stereocenters. The number of benzene rings is 2. The van der Waals surface area contributed by atoms with E-state index >= 15 is 0 Å². The Bertz CT molecular complexity index is 855. The third-order valence-corrected chi connectivity index (χ3v) is 4.43. The number of methoxy groups -OCH3 is 1. The lowest BCUT2D eigenvalue weighted by Crippen LogP contribution is -2.10. The molecule has 5 heteroatoms. The second kappa shape index (κ2) is 11.3. The minimum atomic E-state index is 0.217. The smallest absolute Gasteiger partial charge is 0.188 e. The van der Waals surface area contributed by atoms with Gasteiger partial charge < -0.3 is 24.0 Å². The van der Waals surface area contributed by atoms with Crippen molar-refractivity contribution in [2.75, 3.05) is 21.0 Å². The van der Waals surface area contributed by atoms with E-state index in [1.807, 2.05) is 19.2 Å². The Kier molecular flexibility index (Phi) is 8.72. The average Bonchev–Trinajstić information content (AvgIpc) is 3.15. The first-order chi connectivity index (χ1) is 13.6. The molecule has 1 atom stereocenters. The van der Waals surface area contributed by atoms with E-state index in [9.17, 15) is 0 Å². The Morgan fingerprint density at radius 3 is 2.36 bits per heavy atom. The van der Waals surface area contributed by atoms with Gasteiger partial charge in [-0.05, 0) is 69.1 Å². The molecule has 0 aliphatic heterocycles. The first kappa shape index (κ1) is 21.7. The lowest BCUT2D eigenvalue weighted by atomic mass is 10.0. The molecule has 0 saturated carbocycles. The Hall–Kier alpha value is -2.63. The molecule has 0 aliphatic carbocycles. The molecule has 0 amide bonds. The summed E-state index contributed by atoms with van der Waals surface area (Å²) < 4.78 is 16.3. The first-order valence-corrected chi connectivity index (χ1v) is 9.41. The van der Waals surface area contributed by atoms with Gasteiger partial charge in [0.05, 0.1) is 6.04 Å². The topological polar surface area (TPSA) is 60.7 Å². The molecule has 0 aliphatic rings. The van der Waals surface area contributed by atoms with Crippen molar-refractivity contribution in [3.63, 3.8) is 0 Å². The highest BCUT2D eigenvalue weighted by molar-refractivity contribution is 5.78. The number of hydrogen-bond donors (Lipinski definition) is 1. The number of nitrogens with one attached hydrogen (secondary N) is 1. The van der Waals surface area contributed by atoms with Crippen LogP contribution in [0.15, 0.2) is 52.9 Å². The predicted octanol–water partition coefficient (Wildman–Crippen LogP) is 4.69. The summed E-state index contributed by atoms with van der Waals surface area (Å²) in [5.74, 6) is 1.80. The van der Waals surface area contributed by atoms with Gasteiger partial charge in [-0.25, -0.2) is 0 Å². The van der Waals surface area contributed by atoms with Crippen LogP contribution in [0.2, 0.25) is 0 Å². The lowest BCUT2D eigenvalue weighted by Gasteiger charge is -2.06. The van der Waals surface area contributed by atoms with E-state index in [1.54, 1.807) is 7.11 Å². The van der Waals surface area contributed by atoms with E-state index in [4.69, 9.17) is 18.7 Å². The third kappa shape index (κ3) is 6.22. The van der Waals surface area contributed by atoms with E-state index in [2.05, 4.69) is 48.6 Å². The van der Waals surface area contributed by atoms with Crippen LogP contribution in [0.5, 0.6) is 5.75 Å². The van der Waals surface area contributed by atoms with Crippen molar-refractivity contribution < 1.29 is 18.7 Å². The third-order valence-electron chi connectivity index (χ3n) is 4.43. The van der Waals surface area contributed by atoms with Crippen molar-refractivity contribution in [2.45, 2.75) is 32.7 Å². The van der Waals surface area contributed by atoms with Crippen molar-refractivity contribution in [3.05, 3.63) is 65.4 Å². The highest BCUT2D eigenvalue weighted by Gasteiger charge is 2.10. The molecule has 150 valence electrons. The molecule has 1 N–H and O–H groups in total. The maximum absolute atomic E-state index is 8.81. The molecule has 28 heavy (non-hydrogen) atoms. The van der Waals surface area contributed by atoms with Gasteiger partial charge in [0.15, 0.2) is 6.79 Å². The van der Waals surface area contributed by atoms with Crippen LogP contribution >= 0.6 is 0 Å². The van der Waals surface area contributed by atoms with Gasteiger partial charge in [0.1, 0.15) is 23.4 Å². The summed E-state index contributed by atoms with van der Waals surface area (Å²) in [7, 11) is 3.56. The molecule has 5 nitrogen and oxygen atoms in total. The van der Waals surface area contributed by atoms with E-state index in [0.717, 1.165) is 41.6 Å². The normalized spacial score (nSPS) is 11.6. The molecule has 3 aromatic rings. The Labute approximate surface area is 166 Å². The molecule has 0 spiro atoms. The maximum atomic E-state index is 8.81. The minimum absolute atomic E-state index is 0.217. The van der Waals surface area contributed by atoms with Crippen LogP contribution in [0.4, 0.5) is 0 Å². The summed E-state index contributed by atoms with van der Waals surface area (Å²) in [6.07, 6.45) is 2.71. The zero-order valence-corrected chi connectivity index (χ0v) is 17.0. The molecule has 3 rings (SSSR count). The molecular weight excluding hydrogens is 354 g/mol. The summed E-state index contributed by atoms with van der Waals surface area (Å²) in [5, 5.41) is 4.36. The largest absolute Gasteiger partial charge is 0.468 e. The van der Waals surface area contributed by atoms with Gasteiger partial charge in [-0.1, -0.05) is 24.3 Å². The maximum Gasteiger partial charge on any atom is 0.188 e. The van der Waals surface area contributed by atoms with Gasteiger partial charge in [0, 0.05) is 12.5 Å².